The summed E-state index contributed by atoms with van der Waals surface area (Å²) < 4.78 is 11.1. The van der Waals surface area contributed by atoms with Gasteiger partial charge in [0.15, 0.2) is 17.3 Å². The van der Waals surface area contributed by atoms with Gasteiger partial charge >= 0.3 is 0 Å². The molecule has 0 unspecified atom stereocenters. The Hall–Kier alpha value is -1.55. The van der Waals surface area contributed by atoms with E-state index in [4.69, 9.17) is 9.47 Å². The van der Waals surface area contributed by atoms with E-state index in [0.29, 0.717) is 42.9 Å². The van der Waals surface area contributed by atoms with Gasteiger partial charge in [0.25, 0.3) is 0 Å². The van der Waals surface area contributed by atoms with E-state index in [1.807, 2.05) is 26.0 Å². The van der Waals surface area contributed by atoms with Crippen LogP contribution in [-0.4, -0.2) is 31.6 Å². The minimum Gasteiger partial charge on any atom is -0.490 e. The second kappa shape index (κ2) is 8.03. The Morgan fingerprint density at radius 1 is 1.14 bits per heavy atom. The molecule has 1 aromatic carbocycles. The lowest BCUT2D eigenvalue weighted by molar-refractivity contribution is 0.0987. The molecule has 0 bridgehead atoms. The summed E-state index contributed by atoms with van der Waals surface area (Å²) in [6.07, 6.45) is 4.90. The molecule has 1 fully saturated rings. The zero-order valence-electron chi connectivity index (χ0n) is 13.0. The number of hydrogen-bond acceptors (Lipinski definition) is 4. The van der Waals surface area contributed by atoms with Gasteiger partial charge in [0.2, 0.25) is 0 Å². The minimum absolute atomic E-state index is 0.103. The summed E-state index contributed by atoms with van der Waals surface area (Å²) in [5.74, 6) is 1.44. The highest BCUT2D eigenvalue weighted by Gasteiger charge is 2.17. The van der Waals surface area contributed by atoms with Gasteiger partial charge in [-0.2, -0.15) is 0 Å². The highest BCUT2D eigenvalue weighted by molar-refractivity contribution is 5.98. The quantitative estimate of drug-likeness (QED) is 0.747. The molecule has 0 saturated heterocycles. The molecule has 2 rings (SSSR count). The van der Waals surface area contributed by atoms with E-state index >= 15 is 0 Å². The van der Waals surface area contributed by atoms with Crippen molar-refractivity contribution in [1.82, 2.24) is 5.32 Å². The predicted molar refractivity (Wildman–Crippen MR) is 83.4 cm³/mol. The van der Waals surface area contributed by atoms with Crippen LogP contribution in [0.5, 0.6) is 11.5 Å². The first-order valence-electron chi connectivity index (χ1n) is 7.90. The first-order valence-corrected chi connectivity index (χ1v) is 7.90. The van der Waals surface area contributed by atoms with E-state index in [2.05, 4.69) is 5.32 Å². The van der Waals surface area contributed by atoms with E-state index in [-0.39, 0.29) is 5.78 Å². The van der Waals surface area contributed by atoms with Crippen LogP contribution in [0.1, 0.15) is 49.9 Å². The molecule has 4 nitrogen and oxygen atoms in total. The van der Waals surface area contributed by atoms with E-state index in [9.17, 15) is 4.79 Å². The minimum atomic E-state index is 0.103. The zero-order valence-corrected chi connectivity index (χ0v) is 13.0. The number of nitrogens with one attached hydrogen (secondary N) is 1. The van der Waals surface area contributed by atoms with Gasteiger partial charge < -0.3 is 14.8 Å². The van der Waals surface area contributed by atoms with Crippen LogP contribution in [0.3, 0.4) is 0 Å². The monoisotopic (exact) mass is 291 g/mol. The first kappa shape index (κ1) is 15.8. The van der Waals surface area contributed by atoms with Crippen LogP contribution in [0.15, 0.2) is 18.2 Å². The summed E-state index contributed by atoms with van der Waals surface area (Å²) >= 11 is 0. The highest BCUT2D eigenvalue weighted by atomic mass is 16.5. The highest BCUT2D eigenvalue weighted by Crippen LogP contribution is 2.28. The lowest BCUT2D eigenvalue weighted by Crippen LogP contribution is -2.31. The molecule has 0 aromatic heterocycles. The Morgan fingerprint density at radius 3 is 2.48 bits per heavy atom. The Bertz CT molecular complexity index is 467. The van der Waals surface area contributed by atoms with Gasteiger partial charge in [0.1, 0.15) is 0 Å². The maximum Gasteiger partial charge on any atom is 0.176 e. The average molecular weight is 291 g/mol. The van der Waals surface area contributed by atoms with Crippen LogP contribution < -0.4 is 14.8 Å². The molecular weight excluding hydrogens is 266 g/mol. The van der Waals surface area contributed by atoms with E-state index in [1.54, 1.807) is 6.07 Å². The van der Waals surface area contributed by atoms with Crippen LogP contribution in [0.25, 0.3) is 0 Å². The number of hydrogen-bond donors (Lipinski definition) is 1. The summed E-state index contributed by atoms with van der Waals surface area (Å²) in [4.78, 5) is 12.3. The molecule has 0 radical (unpaired) electrons. The van der Waals surface area contributed by atoms with Gasteiger partial charge in [-0.25, -0.2) is 0 Å². The molecule has 1 aliphatic rings. The van der Waals surface area contributed by atoms with Crippen molar-refractivity contribution >= 4 is 5.78 Å². The van der Waals surface area contributed by atoms with Crippen LogP contribution in [0, 0.1) is 0 Å². The fraction of sp³-hybridized carbons (Fsp3) is 0.588. The smallest absolute Gasteiger partial charge is 0.176 e. The number of Topliss-reactive ketones (excluding diaryl/α,β-unsaturated/α-hetero) is 1. The SMILES string of the molecule is CCOc1ccc(C(=O)CNC2CCCC2)cc1OCC. The molecule has 0 amide bonds. The number of rotatable bonds is 8. The Balaban J connectivity index is 2.00. The van der Waals surface area contributed by atoms with Crippen molar-refractivity contribution in [2.75, 3.05) is 19.8 Å². The van der Waals surface area contributed by atoms with Crippen molar-refractivity contribution in [1.29, 1.82) is 0 Å². The van der Waals surface area contributed by atoms with E-state index < -0.39 is 0 Å². The maximum atomic E-state index is 12.3. The third-order valence-electron chi connectivity index (χ3n) is 3.77. The largest absolute Gasteiger partial charge is 0.490 e. The molecule has 0 aliphatic heterocycles. The molecule has 1 aromatic rings. The standard InChI is InChI=1S/C17H25NO3/c1-3-20-16-10-9-13(11-17(16)21-4-2)15(19)12-18-14-7-5-6-8-14/h9-11,14,18H,3-8,12H2,1-2H3. The first-order chi connectivity index (χ1) is 10.2. The topological polar surface area (TPSA) is 47.6 Å². The molecule has 0 atom stereocenters. The summed E-state index contributed by atoms with van der Waals surface area (Å²) in [6, 6.07) is 5.92. The third-order valence-corrected chi connectivity index (χ3v) is 3.77. The van der Waals surface area contributed by atoms with Crippen molar-refractivity contribution < 1.29 is 14.3 Å². The summed E-state index contributed by atoms with van der Waals surface area (Å²) in [5.41, 5.74) is 0.674. The predicted octanol–water partition coefficient (Wildman–Crippen LogP) is 3.20. The van der Waals surface area contributed by atoms with Gasteiger partial charge in [0, 0.05) is 11.6 Å². The van der Waals surface area contributed by atoms with Crippen molar-refractivity contribution in [3.63, 3.8) is 0 Å². The maximum absolute atomic E-state index is 12.3. The lowest BCUT2D eigenvalue weighted by Gasteiger charge is -2.13. The van der Waals surface area contributed by atoms with Gasteiger partial charge in [-0.1, -0.05) is 12.8 Å². The van der Waals surface area contributed by atoms with Crippen LogP contribution in [-0.2, 0) is 0 Å². The Morgan fingerprint density at radius 2 is 1.81 bits per heavy atom. The van der Waals surface area contributed by atoms with E-state index in [0.717, 1.165) is 0 Å². The molecule has 1 N–H and O–H groups in total. The summed E-state index contributed by atoms with van der Waals surface area (Å²) in [6.45, 7) is 5.38. The number of ketones is 1. The summed E-state index contributed by atoms with van der Waals surface area (Å²) in [7, 11) is 0. The second-order valence-corrected chi connectivity index (χ2v) is 5.31. The number of ether oxygens (including phenoxy) is 2. The second-order valence-electron chi connectivity index (χ2n) is 5.31. The normalized spacial score (nSPS) is 15.1. The molecule has 1 aliphatic carbocycles. The fourth-order valence-corrected chi connectivity index (χ4v) is 2.69. The van der Waals surface area contributed by atoms with Crippen molar-refractivity contribution in [3.05, 3.63) is 23.8 Å². The van der Waals surface area contributed by atoms with Crippen LogP contribution in [0.2, 0.25) is 0 Å². The van der Waals surface area contributed by atoms with Gasteiger partial charge in [-0.05, 0) is 44.9 Å². The molecule has 1 saturated carbocycles. The Kier molecular flexibility index (Phi) is 6.05. The lowest BCUT2D eigenvalue weighted by atomic mass is 10.1. The number of carbonyl (C=O) groups excluding carboxylic acids is 1. The molecule has 116 valence electrons. The number of benzene rings is 1. The molecule has 0 spiro atoms. The van der Waals surface area contributed by atoms with Gasteiger partial charge in [0.05, 0.1) is 19.8 Å². The fourth-order valence-electron chi connectivity index (χ4n) is 2.69. The van der Waals surface area contributed by atoms with Crippen molar-refractivity contribution in [3.8, 4) is 11.5 Å². The third kappa shape index (κ3) is 4.46. The number of carbonyl (C=O) groups is 1. The van der Waals surface area contributed by atoms with Gasteiger partial charge in [-0.3, -0.25) is 4.79 Å². The molecule has 21 heavy (non-hydrogen) atoms. The van der Waals surface area contributed by atoms with Crippen LogP contribution >= 0.6 is 0 Å². The van der Waals surface area contributed by atoms with Crippen LogP contribution in [0.4, 0.5) is 0 Å². The van der Waals surface area contributed by atoms with Crippen molar-refractivity contribution in [2.45, 2.75) is 45.6 Å². The van der Waals surface area contributed by atoms with Crippen molar-refractivity contribution in [2.24, 2.45) is 0 Å². The molecule has 4 heteroatoms. The zero-order chi connectivity index (χ0) is 15.1. The molecular formula is C17H25NO3. The summed E-state index contributed by atoms with van der Waals surface area (Å²) in [5, 5.41) is 3.35. The Labute approximate surface area is 126 Å². The van der Waals surface area contributed by atoms with Gasteiger partial charge in [-0.15, -0.1) is 0 Å². The average Bonchev–Trinajstić information content (AvgIpc) is 3.00. The van der Waals surface area contributed by atoms with E-state index in [1.165, 1.54) is 25.7 Å². The molecule has 0 heterocycles.